The molecule has 2 nitrogen and oxygen atoms in total. The van der Waals surface area contributed by atoms with Crippen LogP contribution in [0.3, 0.4) is 0 Å². The number of allylic oxidation sites excluding steroid dienone is 1. The molecular formula is C21H30O2. The molecule has 1 aromatic carbocycles. The van der Waals surface area contributed by atoms with Crippen LogP contribution in [0.1, 0.15) is 65.2 Å². The van der Waals surface area contributed by atoms with Crippen LogP contribution in [0.2, 0.25) is 0 Å². The van der Waals surface area contributed by atoms with Gasteiger partial charge in [-0.3, -0.25) is 4.79 Å². The standard InChI is InChI=1S/C21H30O2/c1-3-17(4-2)10-11-18-12-14-19(15-13-18)16-21(22)23-20-8-6-5-7-9-20/h5-9,14,17-18H,3-4,10-13,15-16H2,1-2H3. The Bertz CT molecular complexity index is 500. The van der Waals surface area contributed by atoms with Crippen molar-refractivity contribution in [2.24, 2.45) is 11.8 Å². The van der Waals surface area contributed by atoms with Gasteiger partial charge in [-0.25, -0.2) is 0 Å². The number of hydrogen-bond donors (Lipinski definition) is 0. The molecule has 0 saturated carbocycles. The normalized spacial score (nSPS) is 17.9. The number of carbonyl (C=O) groups is 1. The Balaban J connectivity index is 1.72. The highest BCUT2D eigenvalue weighted by molar-refractivity contribution is 5.75. The second kappa shape index (κ2) is 9.54. The lowest BCUT2D eigenvalue weighted by Crippen LogP contribution is -2.13. The molecule has 0 aromatic heterocycles. The number of ether oxygens (including phenoxy) is 1. The molecule has 2 rings (SSSR count). The van der Waals surface area contributed by atoms with Crippen molar-refractivity contribution < 1.29 is 9.53 Å². The molecule has 1 atom stereocenters. The smallest absolute Gasteiger partial charge is 0.315 e. The summed E-state index contributed by atoms with van der Waals surface area (Å²) < 4.78 is 5.37. The Labute approximate surface area is 140 Å². The number of rotatable bonds is 8. The maximum atomic E-state index is 12.0. The van der Waals surface area contributed by atoms with E-state index in [4.69, 9.17) is 4.74 Å². The van der Waals surface area contributed by atoms with E-state index in [1.165, 1.54) is 37.7 Å². The highest BCUT2D eigenvalue weighted by atomic mass is 16.5. The lowest BCUT2D eigenvalue weighted by atomic mass is 9.83. The molecule has 1 aromatic rings. The van der Waals surface area contributed by atoms with Gasteiger partial charge in [0.1, 0.15) is 5.75 Å². The van der Waals surface area contributed by atoms with Gasteiger partial charge in [0.25, 0.3) is 0 Å². The largest absolute Gasteiger partial charge is 0.426 e. The van der Waals surface area contributed by atoms with Crippen molar-refractivity contribution in [1.29, 1.82) is 0 Å². The van der Waals surface area contributed by atoms with Gasteiger partial charge in [-0.2, -0.15) is 0 Å². The van der Waals surface area contributed by atoms with Gasteiger partial charge in [-0.1, -0.05) is 63.0 Å². The van der Waals surface area contributed by atoms with Crippen molar-refractivity contribution >= 4 is 5.97 Å². The average Bonchev–Trinajstić information content (AvgIpc) is 2.58. The summed E-state index contributed by atoms with van der Waals surface area (Å²) in [7, 11) is 0. The monoisotopic (exact) mass is 314 g/mol. The lowest BCUT2D eigenvalue weighted by molar-refractivity contribution is -0.133. The van der Waals surface area contributed by atoms with Gasteiger partial charge in [0, 0.05) is 0 Å². The maximum Gasteiger partial charge on any atom is 0.315 e. The molecule has 1 aliphatic rings. The molecule has 0 saturated heterocycles. The second-order valence-electron chi connectivity index (χ2n) is 6.73. The third kappa shape index (κ3) is 6.21. The fourth-order valence-electron chi connectivity index (χ4n) is 3.38. The van der Waals surface area contributed by atoms with Crippen LogP contribution in [0.25, 0.3) is 0 Å². The van der Waals surface area contributed by atoms with Crippen LogP contribution in [-0.4, -0.2) is 5.97 Å². The van der Waals surface area contributed by atoms with Crippen molar-refractivity contribution in [3.63, 3.8) is 0 Å². The Kier molecular flexibility index (Phi) is 7.38. The van der Waals surface area contributed by atoms with E-state index < -0.39 is 0 Å². The summed E-state index contributed by atoms with van der Waals surface area (Å²) in [6.07, 6.45) is 11.4. The van der Waals surface area contributed by atoms with Gasteiger partial charge in [-0.15, -0.1) is 0 Å². The Morgan fingerprint density at radius 2 is 1.96 bits per heavy atom. The molecule has 1 unspecified atom stereocenters. The molecule has 23 heavy (non-hydrogen) atoms. The molecule has 0 fully saturated rings. The van der Waals surface area contributed by atoms with E-state index in [0.29, 0.717) is 12.2 Å². The zero-order valence-corrected chi connectivity index (χ0v) is 14.6. The lowest BCUT2D eigenvalue weighted by Gasteiger charge is -2.23. The van der Waals surface area contributed by atoms with Gasteiger partial charge >= 0.3 is 5.97 Å². The van der Waals surface area contributed by atoms with Gasteiger partial charge in [0.2, 0.25) is 0 Å². The first-order valence-electron chi connectivity index (χ1n) is 9.14. The fourth-order valence-corrected chi connectivity index (χ4v) is 3.38. The molecule has 1 aliphatic carbocycles. The van der Waals surface area contributed by atoms with Crippen LogP contribution in [0, 0.1) is 11.8 Å². The number of benzene rings is 1. The van der Waals surface area contributed by atoms with E-state index in [2.05, 4.69) is 19.9 Å². The molecule has 126 valence electrons. The van der Waals surface area contributed by atoms with Crippen LogP contribution in [0.15, 0.2) is 42.0 Å². The summed E-state index contributed by atoms with van der Waals surface area (Å²) in [6, 6.07) is 9.32. The van der Waals surface area contributed by atoms with E-state index >= 15 is 0 Å². The summed E-state index contributed by atoms with van der Waals surface area (Å²) in [6.45, 7) is 4.59. The predicted molar refractivity (Wildman–Crippen MR) is 95.4 cm³/mol. The molecule has 0 aliphatic heterocycles. The van der Waals surface area contributed by atoms with Gasteiger partial charge in [0.05, 0.1) is 6.42 Å². The highest BCUT2D eigenvalue weighted by Crippen LogP contribution is 2.31. The van der Waals surface area contributed by atoms with E-state index in [9.17, 15) is 4.79 Å². The number of carbonyl (C=O) groups excluding carboxylic acids is 1. The van der Waals surface area contributed by atoms with Crippen LogP contribution >= 0.6 is 0 Å². The fraction of sp³-hybridized carbons (Fsp3) is 0.571. The molecule has 0 amide bonds. The van der Waals surface area contributed by atoms with E-state index in [1.54, 1.807) is 0 Å². The van der Waals surface area contributed by atoms with Gasteiger partial charge in [0.15, 0.2) is 0 Å². The zero-order chi connectivity index (χ0) is 16.5. The van der Waals surface area contributed by atoms with E-state index in [-0.39, 0.29) is 5.97 Å². The van der Waals surface area contributed by atoms with Crippen molar-refractivity contribution in [3.05, 3.63) is 42.0 Å². The topological polar surface area (TPSA) is 26.3 Å². The number of hydrogen-bond acceptors (Lipinski definition) is 2. The molecule has 0 heterocycles. The molecule has 0 N–H and O–H groups in total. The first-order valence-corrected chi connectivity index (χ1v) is 9.14. The third-order valence-corrected chi connectivity index (χ3v) is 5.10. The average molecular weight is 314 g/mol. The van der Waals surface area contributed by atoms with Crippen molar-refractivity contribution in [2.45, 2.75) is 65.2 Å². The minimum atomic E-state index is -0.141. The first-order chi connectivity index (χ1) is 11.2. The summed E-state index contributed by atoms with van der Waals surface area (Å²) in [5.74, 6) is 2.20. The maximum absolute atomic E-state index is 12.0. The molecule has 2 heteroatoms. The molecular weight excluding hydrogens is 284 g/mol. The van der Waals surface area contributed by atoms with E-state index in [1.807, 2.05) is 30.3 Å². The van der Waals surface area contributed by atoms with Gasteiger partial charge in [-0.05, 0) is 49.7 Å². The molecule has 0 radical (unpaired) electrons. The quantitative estimate of drug-likeness (QED) is 0.338. The zero-order valence-electron chi connectivity index (χ0n) is 14.6. The highest BCUT2D eigenvalue weighted by Gasteiger charge is 2.18. The van der Waals surface area contributed by atoms with Crippen molar-refractivity contribution in [1.82, 2.24) is 0 Å². The Morgan fingerprint density at radius 1 is 1.22 bits per heavy atom. The minimum absolute atomic E-state index is 0.141. The van der Waals surface area contributed by atoms with E-state index in [0.717, 1.165) is 24.7 Å². The molecule has 0 spiro atoms. The number of esters is 1. The third-order valence-electron chi connectivity index (χ3n) is 5.10. The van der Waals surface area contributed by atoms with Crippen molar-refractivity contribution in [2.75, 3.05) is 0 Å². The van der Waals surface area contributed by atoms with Crippen molar-refractivity contribution in [3.8, 4) is 5.75 Å². The summed E-state index contributed by atoms with van der Waals surface area (Å²) in [5, 5.41) is 0. The van der Waals surface area contributed by atoms with Crippen LogP contribution in [0.5, 0.6) is 5.75 Å². The SMILES string of the molecule is CCC(CC)CCC1CC=C(CC(=O)Oc2ccccc2)CC1. The number of para-hydroxylation sites is 1. The summed E-state index contributed by atoms with van der Waals surface area (Å²) in [4.78, 5) is 12.0. The minimum Gasteiger partial charge on any atom is -0.426 e. The summed E-state index contributed by atoms with van der Waals surface area (Å²) >= 11 is 0. The Morgan fingerprint density at radius 3 is 2.57 bits per heavy atom. The van der Waals surface area contributed by atoms with Crippen LogP contribution in [0.4, 0.5) is 0 Å². The van der Waals surface area contributed by atoms with Crippen LogP contribution < -0.4 is 4.74 Å². The Hall–Kier alpha value is -1.57. The predicted octanol–water partition coefficient (Wildman–Crippen LogP) is 5.93. The van der Waals surface area contributed by atoms with Gasteiger partial charge < -0.3 is 4.74 Å². The first kappa shape index (κ1) is 17.8. The second-order valence-corrected chi connectivity index (χ2v) is 6.73. The van der Waals surface area contributed by atoms with Crippen LogP contribution in [-0.2, 0) is 4.79 Å². The summed E-state index contributed by atoms with van der Waals surface area (Å²) in [5.41, 5.74) is 1.25. The molecule has 0 bridgehead atoms.